The van der Waals surface area contributed by atoms with Gasteiger partial charge in [0.15, 0.2) is 0 Å². The molecule has 0 aromatic rings. The predicted molar refractivity (Wildman–Crippen MR) is 108 cm³/mol. The van der Waals surface area contributed by atoms with Gasteiger partial charge in [-0.3, -0.25) is 0 Å². The first-order chi connectivity index (χ1) is 10.7. The van der Waals surface area contributed by atoms with E-state index in [0.717, 1.165) is 15.7 Å². The molecule has 0 fully saturated rings. The quantitative estimate of drug-likeness (QED) is 0.484. The van der Waals surface area contributed by atoms with E-state index in [2.05, 4.69) is 26.0 Å². The first-order valence-electron chi connectivity index (χ1n) is 6.73. The summed E-state index contributed by atoms with van der Waals surface area (Å²) in [6.07, 6.45) is 2.33. The van der Waals surface area contributed by atoms with Crippen molar-refractivity contribution in [2.24, 2.45) is 0 Å². The predicted octanol–water partition coefficient (Wildman–Crippen LogP) is 6.74. The normalized spacial score (nSPS) is 18.2. The van der Waals surface area contributed by atoms with E-state index in [4.69, 9.17) is 10.5 Å². The maximum Gasteiger partial charge on any atom is 0.115 e. The molecule has 2 rings (SSSR count). The second kappa shape index (κ2) is 9.56. The van der Waals surface area contributed by atoms with E-state index in [1.165, 1.54) is 49.1 Å². The minimum Gasteiger partial charge on any atom is -0.192 e. The van der Waals surface area contributed by atoms with E-state index < -0.39 is 0 Å². The third-order valence-corrected chi connectivity index (χ3v) is 11.2. The molecule has 0 aromatic heterocycles. The van der Waals surface area contributed by atoms with Crippen LogP contribution >= 0.6 is 70.6 Å². The zero-order valence-electron chi connectivity index (χ0n) is 12.2. The molecule has 0 saturated heterocycles. The fourth-order valence-electron chi connectivity index (χ4n) is 1.45. The molecule has 2 aliphatic rings. The molecule has 8 heteroatoms. The van der Waals surface area contributed by atoms with Crippen LogP contribution in [0.15, 0.2) is 26.8 Å². The number of allylic oxidation sites excluding steroid dienone is 2. The molecular formula is C14H14N2S6. The summed E-state index contributed by atoms with van der Waals surface area (Å²) in [4.78, 5) is 1.07. The van der Waals surface area contributed by atoms with Gasteiger partial charge >= 0.3 is 0 Å². The summed E-state index contributed by atoms with van der Waals surface area (Å²) >= 11 is 10.4. The zero-order valence-corrected chi connectivity index (χ0v) is 17.1. The van der Waals surface area contributed by atoms with Crippen molar-refractivity contribution in [1.29, 1.82) is 10.5 Å². The minimum atomic E-state index is 0.536. The summed E-state index contributed by atoms with van der Waals surface area (Å²) in [5.74, 6) is 2.26. The van der Waals surface area contributed by atoms with Gasteiger partial charge in [0.1, 0.15) is 21.9 Å². The Hall–Kier alpha value is 0.300. The number of nitrogens with zero attached hydrogens (tertiary/aromatic N) is 2. The van der Waals surface area contributed by atoms with Crippen molar-refractivity contribution >= 4 is 70.6 Å². The van der Waals surface area contributed by atoms with Gasteiger partial charge in [0.25, 0.3) is 0 Å². The number of thioether (sulfide) groups is 6. The topological polar surface area (TPSA) is 47.6 Å². The molecule has 0 bridgehead atoms. The Morgan fingerprint density at radius 1 is 0.773 bits per heavy atom. The van der Waals surface area contributed by atoms with Crippen molar-refractivity contribution < 1.29 is 0 Å². The van der Waals surface area contributed by atoms with Gasteiger partial charge in [-0.1, -0.05) is 60.9 Å². The van der Waals surface area contributed by atoms with Crippen molar-refractivity contribution in [3.05, 3.63) is 26.8 Å². The van der Waals surface area contributed by atoms with Crippen LogP contribution in [0.25, 0.3) is 0 Å². The van der Waals surface area contributed by atoms with Gasteiger partial charge in [0.05, 0.1) is 16.9 Å². The lowest BCUT2D eigenvalue weighted by molar-refractivity contribution is 1.11. The average Bonchev–Trinajstić information content (AvgIpc) is 3.14. The van der Waals surface area contributed by atoms with Crippen LogP contribution in [0.5, 0.6) is 0 Å². The van der Waals surface area contributed by atoms with Crippen molar-refractivity contribution in [3.63, 3.8) is 0 Å². The summed E-state index contributed by atoms with van der Waals surface area (Å²) in [7, 11) is 0. The fourth-order valence-corrected chi connectivity index (χ4v) is 9.62. The lowest BCUT2D eigenvalue weighted by atomic mass is 10.5. The molecule has 0 unspecified atom stereocenters. The molecule has 0 spiro atoms. The van der Waals surface area contributed by atoms with Crippen LogP contribution in [0.1, 0.15) is 26.7 Å². The van der Waals surface area contributed by atoms with Crippen LogP contribution in [0.2, 0.25) is 0 Å². The van der Waals surface area contributed by atoms with E-state index >= 15 is 0 Å². The first-order valence-corrected chi connectivity index (χ1v) is 12.0. The van der Waals surface area contributed by atoms with E-state index in [-0.39, 0.29) is 0 Å². The van der Waals surface area contributed by atoms with Gasteiger partial charge in [-0.2, -0.15) is 10.5 Å². The number of hydrogen-bond acceptors (Lipinski definition) is 8. The highest BCUT2D eigenvalue weighted by molar-refractivity contribution is 8.42. The molecule has 0 radical (unpaired) electrons. The number of rotatable bonds is 6. The van der Waals surface area contributed by atoms with Gasteiger partial charge in [-0.05, 0) is 24.3 Å². The lowest BCUT2D eigenvalue weighted by Crippen LogP contribution is -1.77. The van der Waals surface area contributed by atoms with Crippen molar-refractivity contribution in [3.8, 4) is 12.1 Å². The van der Waals surface area contributed by atoms with Crippen LogP contribution in [-0.2, 0) is 0 Å². The van der Waals surface area contributed by atoms with Crippen LogP contribution in [0.3, 0.4) is 0 Å². The molecule has 116 valence electrons. The summed E-state index contributed by atoms with van der Waals surface area (Å²) in [5, 5.41) is 18.2. The molecule has 2 heterocycles. The monoisotopic (exact) mass is 402 g/mol. The Kier molecular flexibility index (Phi) is 8.10. The first kappa shape index (κ1) is 18.6. The summed E-state index contributed by atoms with van der Waals surface area (Å²) in [6.45, 7) is 4.40. The number of hydrogen-bond donors (Lipinski definition) is 0. The Labute approximate surface area is 157 Å². The van der Waals surface area contributed by atoms with Gasteiger partial charge in [-0.15, -0.1) is 23.5 Å². The SMILES string of the molecule is CCCSC1=C(SCCC)SC(=C2SC(C#N)=C(C#N)S2)S1. The highest BCUT2D eigenvalue weighted by Crippen LogP contribution is 2.63. The molecular weight excluding hydrogens is 389 g/mol. The largest absolute Gasteiger partial charge is 0.192 e. The standard InChI is InChI=1S/C14H14N2S6/c1-3-5-17-11-12(18-6-4-2)22-14(21-11)13-19-9(7-15)10(8-16)20-13/h3-6H2,1-2H3. The van der Waals surface area contributed by atoms with Crippen LogP contribution < -0.4 is 0 Å². The second-order valence-electron chi connectivity index (χ2n) is 4.14. The zero-order chi connectivity index (χ0) is 15.9. The van der Waals surface area contributed by atoms with Crippen LogP contribution in [-0.4, -0.2) is 11.5 Å². The second-order valence-corrected chi connectivity index (χ2v) is 11.5. The van der Waals surface area contributed by atoms with Crippen molar-refractivity contribution in [2.45, 2.75) is 26.7 Å². The Balaban J connectivity index is 2.13. The summed E-state index contributed by atoms with van der Waals surface area (Å²) in [6, 6.07) is 4.26. The Morgan fingerprint density at radius 3 is 1.55 bits per heavy atom. The lowest BCUT2D eigenvalue weighted by Gasteiger charge is -2.02. The van der Waals surface area contributed by atoms with E-state index in [1.54, 1.807) is 0 Å². The van der Waals surface area contributed by atoms with Crippen LogP contribution in [0.4, 0.5) is 0 Å². The molecule has 0 N–H and O–H groups in total. The highest BCUT2D eigenvalue weighted by atomic mass is 32.3. The van der Waals surface area contributed by atoms with E-state index in [0.29, 0.717) is 9.81 Å². The van der Waals surface area contributed by atoms with Crippen molar-refractivity contribution in [1.82, 2.24) is 0 Å². The fraction of sp³-hybridized carbons (Fsp3) is 0.429. The molecule has 22 heavy (non-hydrogen) atoms. The minimum absolute atomic E-state index is 0.536. The maximum absolute atomic E-state index is 9.12. The summed E-state index contributed by atoms with van der Waals surface area (Å²) < 4.78 is 5.09. The molecule has 0 aliphatic carbocycles. The molecule has 2 aliphatic heterocycles. The Morgan fingerprint density at radius 2 is 1.18 bits per heavy atom. The molecule has 0 saturated carbocycles. The maximum atomic E-state index is 9.12. The Bertz CT molecular complexity index is 570. The molecule has 2 nitrogen and oxygen atoms in total. The average molecular weight is 403 g/mol. The third kappa shape index (κ3) is 4.66. The number of nitriles is 2. The van der Waals surface area contributed by atoms with Crippen LogP contribution in [0, 0.1) is 22.7 Å². The van der Waals surface area contributed by atoms with E-state index in [9.17, 15) is 0 Å². The highest BCUT2D eigenvalue weighted by Gasteiger charge is 2.30. The molecule has 0 atom stereocenters. The molecule has 0 amide bonds. The van der Waals surface area contributed by atoms with Gasteiger partial charge < -0.3 is 0 Å². The van der Waals surface area contributed by atoms with Crippen molar-refractivity contribution in [2.75, 3.05) is 11.5 Å². The van der Waals surface area contributed by atoms with Gasteiger partial charge in [-0.25, -0.2) is 0 Å². The van der Waals surface area contributed by atoms with E-state index in [1.807, 2.05) is 47.0 Å². The van der Waals surface area contributed by atoms with Gasteiger partial charge in [0, 0.05) is 0 Å². The smallest absolute Gasteiger partial charge is 0.115 e. The third-order valence-electron chi connectivity index (χ3n) is 2.38. The molecule has 0 aromatic carbocycles. The van der Waals surface area contributed by atoms with Gasteiger partial charge in [0.2, 0.25) is 0 Å². The summed E-state index contributed by atoms with van der Waals surface area (Å²) in [5.41, 5.74) is 0.